The number of aryl methyl sites for hydroxylation is 1. The van der Waals surface area contributed by atoms with Gasteiger partial charge in [-0.05, 0) is 79.8 Å². The van der Waals surface area contributed by atoms with Gasteiger partial charge in [-0.2, -0.15) is 5.26 Å². The molecule has 9 nitrogen and oxygen atoms in total. The van der Waals surface area contributed by atoms with Crippen molar-refractivity contribution in [2.45, 2.75) is 59.2 Å². The maximum absolute atomic E-state index is 13.9. The standard InChI is InChI=1S/C31H36N4O5/c1-19(2)26(34-30(39)40-31(4,5)6)29(38)35(16-15-32)27(23-12-14-25(36)20(3)17-23)28(37)33-24-13-11-21-9-7-8-10-22(21)18-24/h7-14,17-19,26-27,36H,16H2,1-6H3,(H,33,37)(H,34,39). The van der Waals surface area contributed by atoms with Gasteiger partial charge in [0.25, 0.3) is 5.91 Å². The lowest BCUT2D eigenvalue weighted by atomic mass is 9.97. The summed E-state index contributed by atoms with van der Waals surface area (Å²) in [7, 11) is 0. The molecule has 3 amide bonds. The number of phenols is 1. The number of rotatable bonds is 8. The van der Waals surface area contributed by atoms with Crippen LogP contribution in [0.2, 0.25) is 0 Å². The maximum atomic E-state index is 13.9. The smallest absolute Gasteiger partial charge is 0.408 e. The predicted molar refractivity (Wildman–Crippen MR) is 153 cm³/mol. The first kappa shape index (κ1) is 30.0. The lowest BCUT2D eigenvalue weighted by Crippen LogP contribution is -2.54. The fourth-order valence-electron chi connectivity index (χ4n) is 4.30. The molecule has 9 heteroatoms. The Bertz CT molecular complexity index is 1440. The number of fused-ring (bicyclic) bond motifs is 1. The normalized spacial score (nSPS) is 12.8. The van der Waals surface area contributed by atoms with Gasteiger partial charge in [0.2, 0.25) is 5.91 Å². The molecule has 0 saturated carbocycles. The zero-order valence-corrected chi connectivity index (χ0v) is 23.7. The number of carbonyl (C=O) groups excluding carboxylic acids is 3. The van der Waals surface area contributed by atoms with Crippen LogP contribution in [0.1, 0.15) is 51.8 Å². The second-order valence-corrected chi connectivity index (χ2v) is 11.0. The number of hydrogen-bond donors (Lipinski definition) is 3. The van der Waals surface area contributed by atoms with Crippen molar-refractivity contribution in [1.82, 2.24) is 10.2 Å². The van der Waals surface area contributed by atoms with E-state index >= 15 is 0 Å². The van der Waals surface area contributed by atoms with Crippen LogP contribution < -0.4 is 10.6 Å². The summed E-state index contributed by atoms with van der Waals surface area (Å²) in [6.45, 7) is 9.88. The monoisotopic (exact) mass is 544 g/mol. The van der Waals surface area contributed by atoms with Crippen molar-refractivity contribution in [1.29, 1.82) is 5.26 Å². The SMILES string of the molecule is Cc1cc(C(C(=O)Nc2ccc3ccccc3c2)N(CC#N)C(=O)C(NC(=O)OC(C)(C)C)C(C)C)ccc1O. The Labute approximate surface area is 234 Å². The highest BCUT2D eigenvalue weighted by Crippen LogP contribution is 2.29. The van der Waals surface area contributed by atoms with Crippen LogP contribution in [0.3, 0.4) is 0 Å². The van der Waals surface area contributed by atoms with E-state index in [9.17, 15) is 24.8 Å². The molecule has 3 aromatic carbocycles. The molecule has 0 heterocycles. The zero-order valence-electron chi connectivity index (χ0n) is 23.7. The Morgan fingerprint density at radius 1 is 1.02 bits per heavy atom. The molecule has 40 heavy (non-hydrogen) atoms. The number of nitrogens with one attached hydrogen (secondary N) is 2. The lowest BCUT2D eigenvalue weighted by molar-refractivity contribution is -0.140. The van der Waals surface area contributed by atoms with Gasteiger partial charge >= 0.3 is 6.09 Å². The summed E-state index contributed by atoms with van der Waals surface area (Å²) in [5.74, 6) is -1.52. The predicted octanol–water partition coefficient (Wildman–Crippen LogP) is 5.44. The van der Waals surface area contributed by atoms with Crippen LogP contribution in [0, 0.1) is 24.2 Å². The number of phenolic OH excluding ortho intramolecular Hbond substituents is 1. The van der Waals surface area contributed by atoms with E-state index in [2.05, 4.69) is 10.6 Å². The molecule has 0 aliphatic heterocycles. The topological polar surface area (TPSA) is 132 Å². The highest BCUT2D eigenvalue weighted by Gasteiger charge is 2.37. The minimum absolute atomic E-state index is 0.0299. The first-order valence-electron chi connectivity index (χ1n) is 13.1. The van der Waals surface area contributed by atoms with E-state index in [1.54, 1.807) is 53.7 Å². The molecule has 0 fully saturated rings. The van der Waals surface area contributed by atoms with Crippen molar-refractivity contribution in [2.75, 3.05) is 11.9 Å². The summed E-state index contributed by atoms with van der Waals surface area (Å²) in [5, 5.41) is 27.2. The van der Waals surface area contributed by atoms with E-state index in [0.29, 0.717) is 16.8 Å². The molecule has 0 aliphatic rings. The molecule has 0 bridgehead atoms. The van der Waals surface area contributed by atoms with E-state index in [4.69, 9.17) is 4.74 Å². The van der Waals surface area contributed by atoms with Crippen molar-refractivity contribution in [3.63, 3.8) is 0 Å². The maximum Gasteiger partial charge on any atom is 0.408 e. The van der Waals surface area contributed by atoms with Crippen molar-refractivity contribution < 1.29 is 24.2 Å². The van der Waals surface area contributed by atoms with Crippen molar-refractivity contribution in [3.8, 4) is 11.8 Å². The van der Waals surface area contributed by atoms with Crippen LogP contribution in [-0.4, -0.2) is 46.1 Å². The minimum Gasteiger partial charge on any atom is -0.508 e. The second-order valence-electron chi connectivity index (χ2n) is 11.0. The molecular formula is C31H36N4O5. The average Bonchev–Trinajstić information content (AvgIpc) is 2.87. The highest BCUT2D eigenvalue weighted by molar-refractivity contribution is 6.00. The van der Waals surface area contributed by atoms with Gasteiger partial charge in [-0.3, -0.25) is 9.59 Å². The van der Waals surface area contributed by atoms with E-state index in [1.807, 2.05) is 42.5 Å². The van der Waals surface area contributed by atoms with E-state index in [0.717, 1.165) is 15.7 Å². The fourth-order valence-corrected chi connectivity index (χ4v) is 4.30. The number of benzene rings is 3. The molecule has 3 aromatic rings. The molecule has 0 spiro atoms. The summed E-state index contributed by atoms with van der Waals surface area (Å²) in [6.07, 6.45) is -0.783. The summed E-state index contributed by atoms with van der Waals surface area (Å²) in [6, 6.07) is 17.4. The molecule has 210 valence electrons. The van der Waals surface area contributed by atoms with Crippen molar-refractivity contribution in [2.24, 2.45) is 5.92 Å². The summed E-state index contributed by atoms with van der Waals surface area (Å²) in [5.41, 5.74) is 0.628. The molecule has 0 radical (unpaired) electrons. The summed E-state index contributed by atoms with van der Waals surface area (Å²) >= 11 is 0. The van der Waals surface area contributed by atoms with Crippen LogP contribution in [-0.2, 0) is 14.3 Å². The molecular weight excluding hydrogens is 508 g/mol. The zero-order chi connectivity index (χ0) is 29.6. The molecule has 0 aliphatic carbocycles. The third-order valence-electron chi connectivity index (χ3n) is 6.24. The van der Waals surface area contributed by atoms with Gasteiger partial charge in [-0.25, -0.2) is 4.79 Å². The first-order chi connectivity index (χ1) is 18.8. The summed E-state index contributed by atoms with van der Waals surface area (Å²) in [4.78, 5) is 41.6. The van der Waals surface area contributed by atoms with Gasteiger partial charge in [0, 0.05) is 5.69 Å². The van der Waals surface area contributed by atoms with Crippen molar-refractivity contribution >= 4 is 34.4 Å². The Kier molecular flexibility index (Phi) is 9.38. The molecule has 2 atom stereocenters. The fraction of sp³-hybridized carbons (Fsp3) is 0.355. The Balaban J connectivity index is 2.03. The number of alkyl carbamates (subject to hydrolysis) is 1. The van der Waals surface area contributed by atoms with Gasteiger partial charge in [-0.15, -0.1) is 0 Å². The van der Waals surface area contributed by atoms with Gasteiger partial charge < -0.3 is 25.4 Å². The Hall–Kier alpha value is -4.58. The Morgan fingerprint density at radius 3 is 2.30 bits per heavy atom. The number of hydrogen-bond acceptors (Lipinski definition) is 6. The summed E-state index contributed by atoms with van der Waals surface area (Å²) < 4.78 is 5.35. The number of ether oxygens (including phenoxy) is 1. The largest absolute Gasteiger partial charge is 0.508 e. The Morgan fingerprint density at radius 2 is 1.70 bits per heavy atom. The molecule has 3 rings (SSSR count). The molecule has 0 aromatic heterocycles. The van der Waals surface area contributed by atoms with Crippen LogP contribution in [0.15, 0.2) is 60.7 Å². The van der Waals surface area contributed by atoms with Gasteiger partial charge in [0.15, 0.2) is 0 Å². The van der Waals surface area contributed by atoms with Crippen LogP contribution in [0.25, 0.3) is 10.8 Å². The number of aromatic hydroxyl groups is 1. The van der Waals surface area contributed by atoms with E-state index in [-0.39, 0.29) is 11.7 Å². The van der Waals surface area contributed by atoms with Gasteiger partial charge in [-0.1, -0.05) is 50.2 Å². The second kappa shape index (κ2) is 12.5. The number of nitriles is 1. The number of anilines is 1. The van der Waals surface area contributed by atoms with Crippen LogP contribution in [0.4, 0.5) is 10.5 Å². The molecule has 3 N–H and O–H groups in total. The number of carbonyl (C=O) groups is 3. The van der Waals surface area contributed by atoms with Gasteiger partial charge in [0.05, 0.1) is 6.07 Å². The quantitative estimate of drug-likeness (QED) is 0.324. The van der Waals surface area contributed by atoms with E-state index < -0.39 is 42.1 Å². The van der Waals surface area contributed by atoms with Crippen LogP contribution >= 0.6 is 0 Å². The van der Waals surface area contributed by atoms with E-state index in [1.165, 1.54) is 12.1 Å². The first-order valence-corrected chi connectivity index (χ1v) is 13.1. The third-order valence-corrected chi connectivity index (χ3v) is 6.24. The van der Waals surface area contributed by atoms with Crippen molar-refractivity contribution in [3.05, 3.63) is 71.8 Å². The molecule has 2 unspecified atom stereocenters. The molecule has 0 saturated heterocycles. The van der Waals surface area contributed by atoms with Gasteiger partial charge in [0.1, 0.15) is 30.0 Å². The number of nitrogens with zero attached hydrogens (tertiary/aromatic N) is 2. The van der Waals surface area contributed by atoms with Crippen LogP contribution in [0.5, 0.6) is 5.75 Å². The number of amides is 3. The minimum atomic E-state index is -1.24. The highest BCUT2D eigenvalue weighted by atomic mass is 16.6. The lowest BCUT2D eigenvalue weighted by Gasteiger charge is -2.34. The third kappa shape index (κ3) is 7.50. The average molecular weight is 545 g/mol.